The number of hydrogen-bond acceptors (Lipinski definition) is 2. The lowest BCUT2D eigenvalue weighted by molar-refractivity contribution is -0.688. The van der Waals surface area contributed by atoms with E-state index in [9.17, 15) is 0 Å². The Morgan fingerprint density at radius 2 is 0.654 bits per heavy atom. The first kappa shape index (κ1) is 37.0. The molecule has 0 fully saturated rings. The van der Waals surface area contributed by atoms with Crippen LogP contribution in [0.4, 0.5) is 11.4 Å². The third-order valence-electron chi connectivity index (χ3n) is 8.45. The van der Waals surface area contributed by atoms with Crippen molar-refractivity contribution in [1.82, 2.24) is 0 Å². The molecule has 0 aliphatic heterocycles. The van der Waals surface area contributed by atoms with Crippen LogP contribution in [0.5, 0.6) is 0 Å². The average Bonchev–Trinajstić information content (AvgIpc) is 3.18. The van der Waals surface area contributed by atoms with E-state index in [1.165, 1.54) is 44.8 Å². The Kier molecular flexibility index (Phi) is 14.1. The third kappa shape index (κ3) is 12.6. The van der Waals surface area contributed by atoms with Gasteiger partial charge in [0, 0.05) is 75.0 Å². The van der Waals surface area contributed by atoms with Crippen molar-refractivity contribution in [1.29, 1.82) is 0 Å². The Bertz CT molecular complexity index is 1870. The quantitative estimate of drug-likeness (QED) is 0.0943. The summed E-state index contributed by atoms with van der Waals surface area (Å²) < 4.78 is 4.40. The second-order valence-electron chi connectivity index (χ2n) is 13.0. The lowest BCUT2D eigenvalue weighted by Gasteiger charge is -2.10. The lowest BCUT2D eigenvalue weighted by atomic mass is 10.1. The fourth-order valence-electron chi connectivity index (χ4n) is 5.39. The van der Waals surface area contributed by atoms with Crippen LogP contribution in [0, 0.1) is 0 Å². The maximum atomic E-state index is 2.20. The number of anilines is 2. The fraction of sp³-hybridized carbons (Fsp3) is 0.125. The molecule has 0 saturated heterocycles. The highest BCUT2D eigenvalue weighted by atomic mass is 15.1. The summed E-state index contributed by atoms with van der Waals surface area (Å²) in [7, 11) is 8.24. The number of nitrogens with zero attached hydrogens (tertiary/aromatic N) is 4. The molecular weight excluding hydrogens is 633 g/mol. The number of rotatable bonds is 12. The molecule has 0 spiro atoms. The molecule has 0 bridgehead atoms. The first-order valence-corrected chi connectivity index (χ1v) is 17.7. The van der Waals surface area contributed by atoms with E-state index in [-0.39, 0.29) is 0 Å². The summed E-state index contributed by atoms with van der Waals surface area (Å²) in [6, 6.07) is 46.6. The normalized spacial score (nSPS) is 11.3. The van der Waals surface area contributed by atoms with E-state index in [2.05, 4.69) is 218 Å². The first-order chi connectivity index (χ1) is 25.4. The molecule has 2 aromatic heterocycles. The van der Waals surface area contributed by atoms with Crippen LogP contribution in [0.1, 0.15) is 33.4 Å². The lowest BCUT2D eigenvalue weighted by Crippen LogP contribution is -2.33. The Balaban J connectivity index is 0.000000272. The van der Waals surface area contributed by atoms with Crippen LogP contribution in [-0.2, 0) is 13.1 Å². The Morgan fingerprint density at radius 1 is 0.365 bits per heavy atom. The van der Waals surface area contributed by atoms with Crippen LogP contribution in [0.2, 0.25) is 0 Å². The highest BCUT2D eigenvalue weighted by molar-refractivity contribution is 5.58. The second kappa shape index (κ2) is 19.8. The minimum atomic E-state index is 0.869. The van der Waals surface area contributed by atoms with E-state index in [1.807, 2.05) is 36.4 Å². The predicted octanol–water partition coefficient (Wildman–Crippen LogP) is 9.63. The van der Waals surface area contributed by atoms with Crippen molar-refractivity contribution in [3.05, 3.63) is 216 Å². The maximum absolute atomic E-state index is 2.20. The topological polar surface area (TPSA) is 14.2 Å². The number of benzene rings is 4. The summed E-state index contributed by atoms with van der Waals surface area (Å²) in [4.78, 5) is 4.22. The molecule has 4 nitrogen and oxygen atoms in total. The van der Waals surface area contributed by atoms with E-state index >= 15 is 0 Å². The zero-order valence-corrected chi connectivity index (χ0v) is 30.8. The SMILES string of the molecule is C(/C=C/c1ccccc1)=C\c1ccccc1.CN(C)c1cc[n+](Cc2ccc(/C=C/C=C/c3ccc(C[n+]4ccc(N(C)C)cc4)cc3)cc2)cc1. The van der Waals surface area contributed by atoms with Gasteiger partial charge in [0.2, 0.25) is 0 Å². The van der Waals surface area contributed by atoms with Crippen molar-refractivity contribution in [3.63, 3.8) is 0 Å². The van der Waals surface area contributed by atoms with Gasteiger partial charge in [-0.1, -0.05) is 158 Å². The first-order valence-electron chi connectivity index (χ1n) is 17.7. The van der Waals surface area contributed by atoms with Gasteiger partial charge < -0.3 is 9.80 Å². The van der Waals surface area contributed by atoms with Crippen molar-refractivity contribution in [2.75, 3.05) is 38.0 Å². The van der Waals surface area contributed by atoms with Gasteiger partial charge in [-0.2, -0.15) is 0 Å². The summed E-state index contributed by atoms with van der Waals surface area (Å²) in [5.74, 6) is 0. The van der Waals surface area contributed by atoms with E-state index in [0.717, 1.165) is 13.1 Å². The molecule has 6 rings (SSSR count). The Hall–Kier alpha value is -6.26. The standard InChI is InChI=1S/C32H36N4.C16H14/c1-33(2)31-17-21-35(22-18-31)25-29-13-9-27(10-14-29)7-5-6-8-28-11-15-30(16-12-28)26-36-23-19-32(20-24-36)34(3)4;1-3-9-15(10-4-1)13-7-8-14-16-11-5-2-6-12-16/h5-24H,25-26H2,1-4H3;1-14H/q+2;/b7-5+,8-6+;13-7+,14-8+. The van der Waals surface area contributed by atoms with Crippen LogP contribution in [0.15, 0.2) is 183 Å². The number of aromatic nitrogens is 2. The van der Waals surface area contributed by atoms with Gasteiger partial charge in [0.1, 0.15) is 0 Å². The van der Waals surface area contributed by atoms with E-state index < -0.39 is 0 Å². The summed E-state index contributed by atoms with van der Waals surface area (Å²) in [6.07, 6.45) is 25.3. The highest BCUT2D eigenvalue weighted by Crippen LogP contribution is 2.11. The van der Waals surface area contributed by atoms with Gasteiger partial charge in [-0.15, -0.1) is 0 Å². The van der Waals surface area contributed by atoms with Gasteiger partial charge >= 0.3 is 0 Å². The smallest absolute Gasteiger partial charge is 0.173 e. The van der Waals surface area contributed by atoms with Crippen molar-refractivity contribution in [2.24, 2.45) is 0 Å². The summed E-state index contributed by atoms with van der Waals surface area (Å²) in [5, 5.41) is 0. The van der Waals surface area contributed by atoms with Gasteiger partial charge in [-0.3, -0.25) is 0 Å². The molecule has 0 amide bonds. The van der Waals surface area contributed by atoms with E-state index in [4.69, 9.17) is 0 Å². The van der Waals surface area contributed by atoms with Crippen LogP contribution in [0.3, 0.4) is 0 Å². The van der Waals surface area contributed by atoms with Crippen molar-refractivity contribution in [2.45, 2.75) is 13.1 Å². The molecule has 0 N–H and O–H groups in total. The minimum absolute atomic E-state index is 0.869. The molecular formula is C48H50N4+2. The molecule has 0 aliphatic rings. The number of pyridine rings is 2. The third-order valence-corrected chi connectivity index (χ3v) is 8.45. The number of allylic oxidation sites excluding steroid dienone is 4. The van der Waals surface area contributed by atoms with Crippen molar-refractivity contribution in [3.8, 4) is 0 Å². The number of hydrogen-bond donors (Lipinski definition) is 0. The fourth-order valence-corrected chi connectivity index (χ4v) is 5.39. The molecule has 0 saturated carbocycles. The minimum Gasteiger partial charge on any atom is -0.377 e. The Morgan fingerprint density at radius 3 is 0.942 bits per heavy atom. The van der Waals surface area contributed by atoms with Crippen LogP contribution in [-0.4, -0.2) is 28.2 Å². The molecule has 0 aliphatic carbocycles. The molecule has 0 radical (unpaired) electrons. The van der Waals surface area contributed by atoms with Gasteiger partial charge in [0.05, 0.1) is 0 Å². The maximum Gasteiger partial charge on any atom is 0.173 e. The molecule has 0 atom stereocenters. The van der Waals surface area contributed by atoms with Gasteiger partial charge in [0.25, 0.3) is 0 Å². The molecule has 0 unspecified atom stereocenters. The zero-order valence-electron chi connectivity index (χ0n) is 30.8. The average molecular weight is 683 g/mol. The van der Waals surface area contributed by atoms with E-state index in [0.29, 0.717) is 0 Å². The molecule has 6 aromatic rings. The molecule has 4 aromatic carbocycles. The Labute approximate surface area is 310 Å². The highest BCUT2D eigenvalue weighted by Gasteiger charge is 2.05. The summed E-state index contributed by atoms with van der Waals surface area (Å²) >= 11 is 0. The van der Waals surface area contributed by atoms with Crippen molar-refractivity contribution >= 4 is 35.7 Å². The van der Waals surface area contributed by atoms with Crippen LogP contribution >= 0.6 is 0 Å². The zero-order chi connectivity index (χ0) is 36.4. The molecule has 2 heterocycles. The van der Waals surface area contributed by atoms with E-state index in [1.54, 1.807) is 0 Å². The van der Waals surface area contributed by atoms with Gasteiger partial charge in [-0.05, 0) is 22.3 Å². The predicted molar refractivity (Wildman–Crippen MR) is 222 cm³/mol. The van der Waals surface area contributed by atoms with Crippen LogP contribution < -0.4 is 18.9 Å². The van der Waals surface area contributed by atoms with Crippen LogP contribution in [0.25, 0.3) is 24.3 Å². The summed E-state index contributed by atoms with van der Waals surface area (Å²) in [5.41, 5.74) is 9.84. The van der Waals surface area contributed by atoms with Gasteiger partial charge in [-0.25, -0.2) is 9.13 Å². The molecule has 52 heavy (non-hydrogen) atoms. The van der Waals surface area contributed by atoms with Gasteiger partial charge in [0.15, 0.2) is 37.9 Å². The van der Waals surface area contributed by atoms with Crippen molar-refractivity contribution < 1.29 is 9.13 Å². The molecule has 4 heteroatoms. The largest absolute Gasteiger partial charge is 0.377 e. The summed E-state index contributed by atoms with van der Waals surface area (Å²) in [6.45, 7) is 1.74. The second-order valence-corrected chi connectivity index (χ2v) is 13.0. The molecule has 260 valence electrons. The monoisotopic (exact) mass is 682 g/mol.